The molecule has 1 heterocycles. The molecule has 1 aromatic carbocycles. The normalized spacial score (nSPS) is 14.2. The van der Waals surface area contributed by atoms with Crippen LogP contribution < -0.4 is 5.73 Å². The standard InChI is InChI=1S/C13H18N2O/c1-13(2,8-16)12(14)10-7-15-11-6-4-3-5-9(10)11/h3-7,12,15-16H,8,14H2,1-2H3/t12-/m1/s1. The molecule has 2 aromatic rings. The average molecular weight is 218 g/mol. The number of aliphatic hydroxyl groups is 1. The van der Waals surface area contributed by atoms with Crippen molar-refractivity contribution < 1.29 is 5.11 Å². The fraction of sp³-hybridized carbons (Fsp3) is 0.385. The summed E-state index contributed by atoms with van der Waals surface area (Å²) in [5, 5.41) is 10.5. The van der Waals surface area contributed by atoms with Gasteiger partial charge in [0, 0.05) is 35.2 Å². The third kappa shape index (κ3) is 1.72. The second-order valence-electron chi connectivity index (χ2n) is 4.91. The van der Waals surface area contributed by atoms with E-state index in [9.17, 15) is 5.11 Å². The molecule has 0 unspecified atom stereocenters. The molecule has 3 nitrogen and oxygen atoms in total. The largest absolute Gasteiger partial charge is 0.396 e. The second-order valence-corrected chi connectivity index (χ2v) is 4.91. The molecule has 0 radical (unpaired) electrons. The number of fused-ring (bicyclic) bond motifs is 1. The molecule has 3 heteroatoms. The summed E-state index contributed by atoms with van der Waals surface area (Å²) in [6, 6.07) is 7.89. The van der Waals surface area contributed by atoms with E-state index >= 15 is 0 Å². The molecule has 0 spiro atoms. The molecule has 0 fully saturated rings. The summed E-state index contributed by atoms with van der Waals surface area (Å²) in [5.74, 6) is 0. The molecule has 0 bridgehead atoms. The van der Waals surface area contributed by atoms with Crippen molar-refractivity contribution in [2.24, 2.45) is 11.1 Å². The van der Waals surface area contributed by atoms with Crippen LogP contribution in [0.1, 0.15) is 25.5 Å². The molecule has 0 saturated heterocycles. The summed E-state index contributed by atoms with van der Waals surface area (Å²) in [6.07, 6.45) is 1.94. The van der Waals surface area contributed by atoms with Gasteiger partial charge in [0.05, 0.1) is 0 Å². The third-order valence-electron chi connectivity index (χ3n) is 3.21. The van der Waals surface area contributed by atoms with Crippen LogP contribution in [0.3, 0.4) is 0 Å². The Bertz CT molecular complexity index is 487. The van der Waals surface area contributed by atoms with Crippen LogP contribution in [0.15, 0.2) is 30.5 Å². The Balaban J connectivity index is 2.48. The van der Waals surface area contributed by atoms with Gasteiger partial charge >= 0.3 is 0 Å². The highest BCUT2D eigenvalue weighted by atomic mass is 16.3. The van der Waals surface area contributed by atoms with Gasteiger partial charge in [-0.2, -0.15) is 0 Å². The second kappa shape index (κ2) is 3.92. The highest BCUT2D eigenvalue weighted by Crippen LogP contribution is 2.34. The maximum absolute atomic E-state index is 9.35. The number of para-hydroxylation sites is 1. The van der Waals surface area contributed by atoms with E-state index in [1.54, 1.807) is 0 Å². The molecule has 0 aliphatic heterocycles. The van der Waals surface area contributed by atoms with E-state index in [0.29, 0.717) is 0 Å². The molecular weight excluding hydrogens is 200 g/mol. The van der Waals surface area contributed by atoms with Crippen LogP contribution in [0.2, 0.25) is 0 Å². The molecule has 2 rings (SSSR count). The van der Waals surface area contributed by atoms with Crippen LogP contribution in [-0.2, 0) is 0 Å². The van der Waals surface area contributed by atoms with E-state index in [-0.39, 0.29) is 18.1 Å². The van der Waals surface area contributed by atoms with Crippen molar-refractivity contribution in [3.63, 3.8) is 0 Å². The minimum absolute atomic E-state index is 0.0771. The highest BCUT2D eigenvalue weighted by molar-refractivity contribution is 5.83. The first-order chi connectivity index (χ1) is 7.56. The molecule has 0 saturated carbocycles. The van der Waals surface area contributed by atoms with Crippen LogP contribution in [0, 0.1) is 5.41 Å². The van der Waals surface area contributed by atoms with E-state index in [4.69, 9.17) is 5.73 Å². The topological polar surface area (TPSA) is 62.0 Å². The number of nitrogens with one attached hydrogen (secondary N) is 1. The van der Waals surface area contributed by atoms with Crippen molar-refractivity contribution in [2.45, 2.75) is 19.9 Å². The monoisotopic (exact) mass is 218 g/mol. The van der Waals surface area contributed by atoms with Crippen molar-refractivity contribution in [1.29, 1.82) is 0 Å². The summed E-state index contributed by atoms with van der Waals surface area (Å²) in [4.78, 5) is 3.20. The number of aromatic amines is 1. The lowest BCUT2D eigenvalue weighted by Crippen LogP contribution is -2.32. The first kappa shape index (κ1) is 11.2. The number of rotatable bonds is 3. The molecule has 0 amide bonds. The third-order valence-corrected chi connectivity index (χ3v) is 3.21. The van der Waals surface area contributed by atoms with Crippen molar-refractivity contribution in [1.82, 2.24) is 4.98 Å². The number of nitrogens with two attached hydrogens (primary N) is 1. The van der Waals surface area contributed by atoms with Crippen LogP contribution in [0.5, 0.6) is 0 Å². The summed E-state index contributed by atoms with van der Waals surface area (Å²) in [7, 11) is 0. The summed E-state index contributed by atoms with van der Waals surface area (Å²) in [5.41, 5.74) is 8.05. The van der Waals surface area contributed by atoms with Crippen molar-refractivity contribution in [3.8, 4) is 0 Å². The Kier molecular flexibility index (Phi) is 2.74. The molecule has 4 N–H and O–H groups in total. The van der Waals surface area contributed by atoms with Crippen LogP contribution in [0.4, 0.5) is 0 Å². The van der Waals surface area contributed by atoms with E-state index in [0.717, 1.165) is 16.5 Å². The molecule has 86 valence electrons. The molecule has 16 heavy (non-hydrogen) atoms. The van der Waals surface area contributed by atoms with Crippen LogP contribution in [-0.4, -0.2) is 16.7 Å². The first-order valence-electron chi connectivity index (χ1n) is 5.49. The molecule has 0 aliphatic carbocycles. The fourth-order valence-corrected chi connectivity index (χ4v) is 1.87. The fourth-order valence-electron chi connectivity index (χ4n) is 1.87. The molecular formula is C13H18N2O. The zero-order chi connectivity index (χ0) is 11.8. The number of aromatic nitrogens is 1. The maximum atomic E-state index is 9.35. The van der Waals surface area contributed by atoms with Gasteiger partial charge in [-0.15, -0.1) is 0 Å². The van der Waals surface area contributed by atoms with Gasteiger partial charge in [-0.25, -0.2) is 0 Å². The zero-order valence-electron chi connectivity index (χ0n) is 9.70. The van der Waals surface area contributed by atoms with Crippen molar-refractivity contribution in [3.05, 3.63) is 36.0 Å². The Hall–Kier alpha value is -1.32. The van der Waals surface area contributed by atoms with Gasteiger partial charge in [-0.3, -0.25) is 0 Å². The van der Waals surface area contributed by atoms with Gasteiger partial charge in [-0.05, 0) is 11.6 Å². The van der Waals surface area contributed by atoms with E-state index in [2.05, 4.69) is 11.1 Å². The highest BCUT2D eigenvalue weighted by Gasteiger charge is 2.28. The minimum Gasteiger partial charge on any atom is -0.396 e. The van der Waals surface area contributed by atoms with E-state index in [1.807, 2.05) is 38.2 Å². The van der Waals surface area contributed by atoms with Gasteiger partial charge in [0.25, 0.3) is 0 Å². The predicted octanol–water partition coefficient (Wildman–Crippen LogP) is 2.19. The quantitative estimate of drug-likeness (QED) is 0.739. The van der Waals surface area contributed by atoms with E-state index in [1.165, 1.54) is 0 Å². The molecule has 1 atom stereocenters. The Morgan fingerprint density at radius 1 is 1.38 bits per heavy atom. The Morgan fingerprint density at radius 3 is 2.75 bits per heavy atom. The van der Waals surface area contributed by atoms with Gasteiger partial charge in [0.1, 0.15) is 0 Å². The van der Waals surface area contributed by atoms with Gasteiger partial charge < -0.3 is 15.8 Å². The van der Waals surface area contributed by atoms with Gasteiger partial charge in [-0.1, -0.05) is 32.0 Å². The summed E-state index contributed by atoms with van der Waals surface area (Å²) < 4.78 is 0. The van der Waals surface area contributed by atoms with Crippen LogP contribution >= 0.6 is 0 Å². The molecule has 0 aliphatic rings. The summed E-state index contributed by atoms with van der Waals surface area (Å²) >= 11 is 0. The van der Waals surface area contributed by atoms with Crippen molar-refractivity contribution >= 4 is 10.9 Å². The average Bonchev–Trinajstić information content (AvgIpc) is 2.71. The van der Waals surface area contributed by atoms with Crippen LogP contribution in [0.25, 0.3) is 10.9 Å². The number of hydrogen-bond acceptors (Lipinski definition) is 2. The SMILES string of the molecule is CC(C)(CO)[C@H](N)c1c[nH]c2ccccc12. The lowest BCUT2D eigenvalue weighted by molar-refractivity contribution is 0.133. The Labute approximate surface area is 95.3 Å². The zero-order valence-corrected chi connectivity index (χ0v) is 9.70. The maximum Gasteiger partial charge on any atom is 0.0500 e. The molecule has 1 aromatic heterocycles. The Morgan fingerprint density at radius 2 is 2.06 bits per heavy atom. The number of aliphatic hydroxyl groups excluding tert-OH is 1. The minimum atomic E-state index is -0.315. The predicted molar refractivity (Wildman–Crippen MR) is 66.1 cm³/mol. The number of hydrogen-bond donors (Lipinski definition) is 3. The lowest BCUT2D eigenvalue weighted by Gasteiger charge is -2.29. The first-order valence-corrected chi connectivity index (χ1v) is 5.49. The van der Waals surface area contributed by atoms with Crippen molar-refractivity contribution in [2.75, 3.05) is 6.61 Å². The van der Waals surface area contributed by atoms with Gasteiger partial charge in [0.15, 0.2) is 0 Å². The lowest BCUT2D eigenvalue weighted by atomic mass is 9.82. The van der Waals surface area contributed by atoms with Gasteiger partial charge in [0.2, 0.25) is 0 Å². The smallest absolute Gasteiger partial charge is 0.0500 e. The number of H-pyrrole nitrogens is 1. The van der Waals surface area contributed by atoms with E-state index < -0.39 is 0 Å². The summed E-state index contributed by atoms with van der Waals surface area (Å²) in [6.45, 7) is 4.02. The number of benzene rings is 1.